The van der Waals surface area contributed by atoms with Gasteiger partial charge in [-0.2, -0.15) is 0 Å². The van der Waals surface area contributed by atoms with Crippen LogP contribution in [0.4, 0.5) is 0 Å². The second-order valence-corrected chi connectivity index (χ2v) is 1.20. The first-order chi connectivity index (χ1) is 3.80. The second-order valence-electron chi connectivity index (χ2n) is 1.20. The summed E-state index contributed by atoms with van der Waals surface area (Å²) in [7, 11) is 0. The fourth-order valence-corrected chi connectivity index (χ4v) is 0.335. The topological polar surface area (TPSA) is 66.0 Å². The van der Waals surface area contributed by atoms with Crippen molar-refractivity contribution in [2.75, 3.05) is 0 Å². The highest BCUT2D eigenvalue weighted by molar-refractivity contribution is 5.84. The van der Waals surface area contributed by atoms with Crippen molar-refractivity contribution in [2.45, 2.75) is 0 Å². The molecule has 0 aromatic carbocycles. The number of aromatic nitrogens is 2. The summed E-state index contributed by atoms with van der Waals surface area (Å²) in [6.45, 7) is 0. The van der Waals surface area contributed by atoms with Gasteiger partial charge in [0, 0.05) is 6.20 Å². The zero-order chi connectivity index (χ0) is 5.98. The third kappa shape index (κ3) is 0.676. The van der Waals surface area contributed by atoms with Crippen LogP contribution in [0.15, 0.2) is 6.20 Å². The van der Waals surface area contributed by atoms with Crippen LogP contribution in [-0.4, -0.2) is 21.0 Å². The van der Waals surface area contributed by atoms with Crippen molar-refractivity contribution in [3.05, 3.63) is 18.2 Å². The predicted octanol–water partition coefficient (Wildman–Crippen LogP) is -0.0919. The number of rotatable bonds is 1. The number of carboxylic acid groups (broad SMARTS) is 1. The average Bonchev–Trinajstić information content (AvgIpc) is 2.12. The van der Waals surface area contributed by atoms with Crippen molar-refractivity contribution in [3.63, 3.8) is 0 Å². The number of H-pyrrole nitrogens is 1. The summed E-state index contributed by atoms with van der Waals surface area (Å²) in [5, 5.41) is 8.17. The van der Waals surface area contributed by atoms with Gasteiger partial charge in [-0.3, -0.25) is 0 Å². The minimum absolute atomic E-state index is 0.00926. The van der Waals surface area contributed by atoms with E-state index in [0.29, 0.717) is 0 Å². The number of carbonyl (C=O) groups is 1. The normalized spacial score (nSPS) is 9.00. The quantitative estimate of drug-likeness (QED) is 0.532. The number of aromatic carboxylic acids is 1. The van der Waals surface area contributed by atoms with Gasteiger partial charge in [-0.15, -0.1) is 0 Å². The monoisotopic (exact) mass is 111 g/mol. The van der Waals surface area contributed by atoms with Crippen LogP contribution >= 0.6 is 0 Å². The van der Waals surface area contributed by atoms with Crippen LogP contribution in [0.2, 0.25) is 0 Å². The number of aromatic amines is 1. The van der Waals surface area contributed by atoms with Crippen molar-refractivity contribution in [1.29, 1.82) is 0 Å². The minimum Gasteiger partial charge on any atom is -0.476 e. The maximum Gasteiger partial charge on any atom is 0.356 e. The molecule has 0 aliphatic rings. The molecule has 0 saturated heterocycles. The van der Waals surface area contributed by atoms with Gasteiger partial charge in [0.2, 0.25) is 0 Å². The largest absolute Gasteiger partial charge is 0.476 e. The van der Waals surface area contributed by atoms with Crippen molar-refractivity contribution in [3.8, 4) is 0 Å². The Balaban J connectivity index is 2.93. The SMILES string of the molecule is O=C(O)c1c[nH][c]n1. The molecule has 1 rings (SSSR count). The molecule has 4 nitrogen and oxygen atoms in total. The lowest BCUT2D eigenvalue weighted by atomic mass is 10.5. The molecule has 1 aromatic heterocycles. The van der Waals surface area contributed by atoms with Crippen LogP contribution in [-0.2, 0) is 0 Å². The molecule has 0 amide bonds. The average molecular weight is 111 g/mol. The van der Waals surface area contributed by atoms with E-state index in [1.165, 1.54) is 6.20 Å². The molecule has 0 unspecified atom stereocenters. The van der Waals surface area contributed by atoms with Gasteiger partial charge in [0.05, 0.1) is 0 Å². The molecule has 1 radical (unpaired) electrons. The number of hydrogen-bond acceptors (Lipinski definition) is 2. The first kappa shape index (κ1) is 4.83. The third-order valence-electron chi connectivity index (χ3n) is 0.669. The Bertz CT molecular complexity index is 180. The van der Waals surface area contributed by atoms with Crippen LogP contribution < -0.4 is 0 Å². The van der Waals surface area contributed by atoms with Gasteiger partial charge in [0.1, 0.15) is 0 Å². The Morgan fingerprint density at radius 3 is 3.00 bits per heavy atom. The molecule has 41 valence electrons. The molecular weight excluding hydrogens is 108 g/mol. The predicted molar refractivity (Wildman–Crippen MR) is 24.4 cm³/mol. The smallest absolute Gasteiger partial charge is 0.356 e. The molecule has 0 atom stereocenters. The molecule has 1 aromatic rings. The van der Waals surface area contributed by atoms with E-state index in [2.05, 4.69) is 16.3 Å². The van der Waals surface area contributed by atoms with Gasteiger partial charge in [0.25, 0.3) is 0 Å². The summed E-state index contributed by atoms with van der Waals surface area (Å²) < 4.78 is 0. The van der Waals surface area contributed by atoms with Gasteiger partial charge in [0.15, 0.2) is 12.0 Å². The maximum atomic E-state index is 9.96. The maximum absolute atomic E-state index is 9.96. The Labute approximate surface area is 45.2 Å². The highest BCUT2D eigenvalue weighted by atomic mass is 16.4. The Kier molecular flexibility index (Phi) is 0.997. The molecule has 0 bridgehead atoms. The number of nitrogens with one attached hydrogen (secondary N) is 1. The first-order valence-corrected chi connectivity index (χ1v) is 1.95. The van der Waals surface area contributed by atoms with Crippen molar-refractivity contribution in [1.82, 2.24) is 9.97 Å². The summed E-state index contributed by atoms with van der Waals surface area (Å²) >= 11 is 0. The number of carboxylic acids is 1. The number of nitrogens with zero attached hydrogens (tertiary/aromatic N) is 1. The van der Waals surface area contributed by atoms with E-state index >= 15 is 0 Å². The fraction of sp³-hybridized carbons (Fsp3) is 0. The zero-order valence-electron chi connectivity index (χ0n) is 3.88. The summed E-state index contributed by atoms with van der Waals surface area (Å²) in [4.78, 5) is 15.7. The van der Waals surface area contributed by atoms with E-state index in [0.717, 1.165) is 0 Å². The molecule has 0 aliphatic carbocycles. The minimum atomic E-state index is -1.04. The van der Waals surface area contributed by atoms with Gasteiger partial charge >= 0.3 is 5.97 Å². The van der Waals surface area contributed by atoms with Gasteiger partial charge in [-0.25, -0.2) is 9.78 Å². The summed E-state index contributed by atoms with van der Waals surface area (Å²) in [5.41, 5.74) is -0.00926. The molecule has 0 aliphatic heterocycles. The van der Waals surface area contributed by atoms with Crippen LogP contribution in [0.5, 0.6) is 0 Å². The van der Waals surface area contributed by atoms with Crippen molar-refractivity contribution >= 4 is 5.97 Å². The first-order valence-electron chi connectivity index (χ1n) is 1.95. The van der Waals surface area contributed by atoms with E-state index in [1.54, 1.807) is 0 Å². The molecular formula is C4H3N2O2. The summed E-state index contributed by atoms with van der Waals surface area (Å²) in [5.74, 6) is -1.04. The summed E-state index contributed by atoms with van der Waals surface area (Å²) in [6.07, 6.45) is 3.52. The van der Waals surface area contributed by atoms with Crippen molar-refractivity contribution in [2.24, 2.45) is 0 Å². The molecule has 2 N–H and O–H groups in total. The highest BCUT2D eigenvalue weighted by Crippen LogP contribution is 1.86. The van der Waals surface area contributed by atoms with E-state index in [1.807, 2.05) is 0 Å². The Hall–Kier alpha value is -1.32. The molecule has 1 heterocycles. The van der Waals surface area contributed by atoms with Gasteiger partial charge in [-0.05, 0) is 0 Å². The van der Waals surface area contributed by atoms with Gasteiger partial charge < -0.3 is 10.1 Å². The van der Waals surface area contributed by atoms with Crippen LogP contribution in [0.1, 0.15) is 10.5 Å². The van der Waals surface area contributed by atoms with Crippen molar-refractivity contribution < 1.29 is 9.90 Å². The molecule has 8 heavy (non-hydrogen) atoms. The standard InChI is InChI=1S/C4H3N2O2/c7-4(8)3-1-5-2-6-3/h1H,(H,5,6)(H,7,8). The lowest BCUT2D eigenvalue weighted by Gasteiger charge is -1.77. The molecule has 0 spiro atoms. The highest BCUT2D eigenvalue weighted by Gasteiger charge is 2.01. The van der Waals surface area contributed by atoms with E-state index in [9.17, 15) is 4.79 Å². The van der Waals surface area contributed by atoms with Crippen LogP contribution in [0, 0.1) is 6.33 Å². The molecule has 0 saturated carbocycles. The van der Waals surface area contributed by atoms with Gasteiger partial charge in [-0.1, -0.05) is 0 Å². The molecule has 0 fully saturated rings. The van der Waals surface area contributed by atoms with E-state index in [4.69, 9.17) is 5.11 Å². The van der Waals surface area contributed by atoms with E-state index in [-0.39, 0.29) is 5.69 Å². The zero-order valence-corrected chi connectivity index (χ0v) is 3.88. The third-order valence-corrected chi connectivity index (χ3v) is 0.669. The fourth-order valence-electron chi connectivity index (χ4n) is 0.335. The van der Waals surface area contributed by atoms with Crippen LogP contribution in [0.25, 0.3) is 0 Å². The number of imidazole rings is 1. The Morgan fingerprint density at radius 1 is 2.00 bits per heavy atom. The Morgan fingerprint density at radius 2 is 2.75 bits per heavy atom. The molecule has 4 heteroatoms. The van der Waals surface area contributed by atoms with Crippen LogP contribution in [0.3, 0.4) is 0 Å². The number of hydrogen-bond donors (Lipinski definition) is 2. The lowest BCUT2D eigenvalue weighted by molar-refractivity contribution is 0.0691. The van der Waals surface area contributed by atoms with E-state index < -0.39 is 5.97 Å². The summed E-state index contributed by atoms with van der Waals surface area (Å²) in [6, 6.07) is 0. The second kappa shape index (κ2) is 1.65. The lowest BCUT2D eigenvalue weighted by Crippen LogP contribution is -1.94.